The molecule has 0 aliphatic heterocycles. The fourth-order valence-electron chi connectivity index (χ4n) is 1.10. The highest BCUT2D eigenvalue weighted by Crippen LogP contribution is 2.08. The first kappa shape index (κ1) is 12.2. The molecule has 5 N–H and O–H groups in total. The second kappa shape index (κ2) is 5.04. The lowest BCUT2D eigenvalue weighted by molar-refractivity contribution is 0.227. The highest BCUT2D eigenvalue weighted by molar-refractivity contribution is 5.84. The molecule has 0 heterocycles. The molecule has 0 aromatic carbocycles. The van der Waals surface area contributed by atoms with E-state index in [0.717, 1.165) is 0 Å². The van der Waals surface area contributed by atoms with E-state index in [4.69, 9.17) is 16.0 Å². The van der Waals surface area contributed by atoms with Crippen molar-refractivity contribution >= 4 is 5.84 Å². The Morgan fingerprint density at radius 2 is 2.15 bits per heavy atom. The molecular formula is C8H19N3O2. The lowest BCUT2D eigenvalue weighted by Crippen LogP contribution is -2.50. The molecule has 0 saturated heterocycles. The quantitative estimate of drug-likeness (QED) is 0.210. The summed E-state index contributed by atoms with van der Waals surface area (Å²) in [5.41, 5.74) is 5.18. The van der Waals surface area contributed by atoms with Gasteiger partial charge in [-0.25, -0.2) is 0 Å². The average molecular weight is 189 g/mol. The third kappa shape index (κ3) is 4.69. The van der Waals surface area contributed by atoms with Gasteiger partial charge < -0.3 is 21.4 Å². The van der Waals surface area contributed by atoms with Gasteiger partial charge in [0.25, 0.3) is 0 Å². The first-order valence-electron chi connectivity index (χ1n) is 4.29. The summed E-state index contributed by atoms with van der Waals surface area (Å²) in [6, 6.07) is -0.202. The zero-order valence-electron chi connectivity index (χ0n) is 8.41. The molecule has 0 rings (SSSR count). The molecule has 0 saturated carbocycles. The number of aliphatic hydroxyl groups is 1. The molecule has 78 valence electrons. The van der Waals surface area contributed by atoms with Gasteiger partial charge in [-0.1, -0.05) is 5.16 Å². The third-order valence-electron chi connectivity index (χ3n) is 1.90. The standard InChI is InChI=1S/C8H19N3O2/c1-6(7(9)11-13)10-8(2,3)4-5-12/h6,10,12-13H,4-5H2,1-3H3,(H2,9,11). The molecular weight excluding hydrogens is 170 g/mol. The summed E-state index contributed by atoms with van der Waals surface area (Å²) >= 11 is 0. The van der Waals surface area contributed by atoms with E-state index in [-0.39, 0.29) is 24.0 Å². The highest BCUT2D eigenvalue weighted by Gasteiger charge is 2.20. The summed E-state index contributed by atoms with van der Waals surface area (Å²) in [5, 5.41) is 23.2. The number of hydrogen-bond donors (Lipinski definition) is 4. The van der Waals surface area contributed by atoms with Crippen LogP contribution in [-0.4, -0.2) is 34.3 Å². The maximum Gasteiger partial charge on any atom is 0.156 e. The topological polar surface area (TPSA) is 90.9 Å². The monoisotopic (exact) mass is 189 g/mol. The predicted octanol–water partition coefficient (Wildman–Crippen LogP) is -0.128. The van der Waals surface area contributed by atoms with Gasteiger partial charge >= 0.3 is 0 Å². The minimum atomic E-state index is -0.219. The minimum Gasteiger partial charge on any atom is -0.409 e. The van der Waals surface area contributed by atoms with Gasteiger partial charge in [-0.3, -0.25) is 0 Å². The molecule has 0 aromatic heterocycles. The van der Waals surface area contributed by atoms with Crippen LogP contribution in [0.2, 0.25) is 0 Å². The summed E-state index contributed by atoms with van der Waals surface area (Å²) < 4.78 is 0. The van der Waals surface area contributed by atoms with Crippen LogP contribution < -0.4 is 11.1 Å². The van der Waals surface area contributed by atoms with Gasteiger partial charge in [-0.15, -0.1) is 0 Å². The maximum absolute atomic E-state index is 8.76. The second-order valence-corrected chi connectivity index (χ2v) is 3.75. The number of nitrogens with two attached hydrogens (primary N) is 1. The summed E-state index contributed by atoms with van der Waals surface area (Å²) in [7, 11) is 0. The van der Waals surface area contributed by atoms with Gasteiger partial charge in [-0.2, -0.15) is 0 Å². The fraction of sp³-hybridized carbons (Fsp3) is 0.875. The maximum atomic E-state index is 8.76. The number of nitrogens with zero attached hydrogens (tertiary/aromatic N) is 1. The summed E-state index contributed by atoms with van der Waals surface area (Å²) in [6.07, 6.45) is 0.621. The van der Waals surface area contributed by atoms with Crippen molar-refractivity contribution in [3.8, 4) is 0 Å². The van der Waals surface area contributed by atoms with Crippen molar-refractivity contribution in [2.24, 2.45) is 10.9 Å². The second-order valence-electron chi connectivity index (χ2n) is 3.75. The number of oxime groups is 1. The molecule has 0 bridgehead atoms. The van der Waals surface area contributed by atoms with Crippen LogP contribution in [0.25, 0.3) is 0 Å². The lowest BCUT2D eigenvalue weighted by Gasteiger charge is -2.29. The normalized spacial score (nSPS) is 15.8. The zero-order chi connectivity index (χ0) is 10.5. The van der Waals surface area contributed by atoms with E-state index in [9.17, 15) is 0 Å². The Morgan fingerprint density at radius 3 is 2.54 bits per heavy atom. The molecule has 0 spiro atoms. The van der Waals surface area contributed by atoms with E-state index in [1.165, 1.54) is 0 Å². The summed E-state index contributed by atoms with van der Waals surface area (Å²) in [4.78, 5) is 0. The van der Waals surface area contributed by atoms with E-state index in [0.29, 0.717) is 6.42 Å². The van der Waals surface area contributed by atoms with Crippen molar-refractivity contribution < 1.29 is 10.3 Å². The Hall–Kier alpha value is -0.810. The van der Waals surface area contributed by atoms with Crippen molar-refractivity contribution in [2.75, 3.05) is 6.61 Å². The Bertz CT molecular complexity index is 180. The van der Waals surface area contributed by atoms with Gasteiger partial charge in [0.2, 0.25) is 0 Å². The number of hydrogen-bond acceptors (Lipinski definition) is 4. The fourth-order valence-corrected chi connectivity index (χ4v) is 1.10. The first-order valence-corrected chi connectivity index (χ1v) is 4.29. The van der Waals surface area contributed by atoms with E-state index in [1.807, 2.05) is 13.8 Å². The molecule has 0 fully saturated rings. The SMILES string of the molecule is CC(NC(C)(C)CCO)C(N)=NO. The van der Waals surface area contributed by atoms with Crippen molar-refractivity contribution in [3.05, 3.63) is 0 Å². The zero-order valence-corrected chi connectivity index (χ0v) is 8.41. The van der Waals surface area contributed by atoms with E-state index in [2.05, 4.69) is 10.5 Å². The Balaban J connectivity index is 4.10. The first-order chi connectivity index (χ1) is 5.93. The van der Waals surface area contributed by atoms with Crippen molar-refractivity contribution in [3.63, 3.8) is 0 Å². The number of amidine groups is 1. The lowest BCUT2D eigenvalue weighted by atomic mass is 10.00. The average Bonchev–Trinajstić information content (AvgIpc) is 2.01. The summed E-state index contributed by atoms with van der Waals surface area (Å²) in [6.45, 7) is 5.81. The smallest absolute Gasteiger partial charge is 0.156 e. The molecule has 0 amide bonds. The Labute approximate surface area is 78.6 Å². The molecule has 0 radical (unpaired) electrons. The van der Waals surface area contributed by atoms with Crippen molar-refractivity contribution in [2.45, 2.75) is 38.8 Å². The van der Waals surface area contributed by atoms with Crippen LogP contribution in [0.3, 0.4) is 0 Å². The predicted molar refractivity (Wildman–Crippen MR) is 51.8 cm³/mol. The number of aliphatic hydroxyl groups excluding tert-OH is 1. The minimum absolute atomic E-state index is 0.114. The summed E-state index contributed by atoms with van der Waals surface area (Å²) in [5.74, 6) is 0.144. The van der Waals surface area contributed by atoms with E-state index >= 15 is 0 Å². The van der Waals surface area contributed by atoms with Gasteiger partial charge in [0.05, 0.1) is 6.04 Å². The highest BCUT2D eigenvalue weighted by atomic mass is 16.4. The van der Waals surface area contributed by atoms with Crippen LogP contribution in [0.4, 0.5) is 0 Å². The van der Waals surface area contributed by atoms with Crippen LogP contribution in [-0.2, 0) is 0 Å². The largest absolute Gasteiger partial charge is 0.409 e. The van der Waals surface area contributed by atoms with Crippen LogP contribution >= 0.6 is 0 Å². The number of nitrogens with one attached hydrogen (secondary N) is 1. The van der Waals surface area contributed by atoms with Crippen LogP contribution in [0.5, 0.6) is 0 Å². The molecule has 5 nitrogen and oxygen atoms in total. The molecule has 1 atom stereocenters. The van der Waals surface area contributed by atoms with Crippen LogP contribution in [0.1, 0.15) is 27.2 Å². The molecule has 0 aliphatic carbocycles. The molecule has 5 heteroatoms. The number of rotatable bonds is 5. The van der Waals surface area contributed by atoms with Crippen LogP contribution in [0.15, 0.2) is 5.16 Å². The van der Waals surface area contributed by atoms with Gasteiger partial charge in [0, 0.05) is 12.1 Å². The Morgan fingerprint density at radius 1 is 1.62 bits per heavy atom. The van der Waals surface area contributed by atoms with E-state index < -0.39 is 0 Å². The van der Waals surface area contributed by atoms with Gasteiger partial charge in [-0.05, 0) is 27.2 Å². The third-order valence-corrected chi connectivity index (χ3v) is 1.90. The molecule has 0 aromatic rings. The molecule has 1 unspecified atom stereocenters. The molecule has 13 heavy (non-hydrogen) atoms. The Kier molecular flexibility index (Phi) is 4.72. The van der Waals surface area contributed by atoms with Gasteiger partial charge in [0.15, 0.2) is 5.84 Å². The van der Waals surface area contributed by atoms with E-state index in [1.54, 1.807) is 6.92 Å². The molecule has 0 aliphatic rings. The van der Waals surface area contributed by atoms with Crippen molar-refractivity contribution in [1.82, 2.24) is 5.32 Å². The van der Waals surface area contributed by atoms with Crippen LogP contribution in [0, 0.1) is 0 Å². The van der Waals surface area contributed by atoms with Crippen molar-refractivity contribution in [1.29, 1.82) is 0 Å². The van der Waals surface area contributed by atoms with Gasteiger partial charge in [0.1, 0.15) is 0 Å².